The van der Waals surface area contributed by atoms with E-state index in [1.165, 1.54) is 6.07 Å². The molecule has 3 unspecified atom stereocenters. The number of allylic oxidation sites excluding steroid dienone is 1. The monoisotopic (exact) mass is 259 g/mol. The predicted molar refractivity (Wildman–Crippen MR) is 68.4 cm³/mol. The number of carbonyl (C=O) groups is 2. The Balaban J connectivity index is 2.07. The van der Waals surface area contributed by atoms with Gasteiger partial charge in [-0.1, -0.05) is 12.2 Å². The summed E-state index contributed by atoms with van der Waals surface area (Å²) in [6.07, 6.45) is 4.63. The number of fused-ring (bicyclic) bond motifs is 3. The number of benzene rings is 1. The minimum Gasteiger partial charge on any atom is -0.480 e. The zero-order chi connectivity index (χ0) is 13.6. The quantitative estimate of drug-likeness (QED) is 0.706. The smallest absolute Gasteiger partial charge is 0.335 e. The van der Waals surface area contributed by atoms with Crippen LogP contribution in [0.15, 0.2) is 30.4 Å². The van der Waals surface area contributed by atoms with E-state index in [0.29, 0.717) is 0 Å². The van der Waals surface area contributed by atoms with Crippen molar-refractivity contribution >= 4 is 17.6 Å². The molecule has 1 aromatic rings. The molecule has 0 fully saturated rings. The van der Waals surface area contributed by atoms with Crippen molar-refractivity contribution in [2.24, 2.45) is 5.92 Å². The molecule has 1 aliphatic heterocycles. The van der Waals surface area contributed by atoms with Crippen LogP contribution in [0.25, 0.3) is 0 Å². The van der Waals surface area contributed by atoms with Gasteiger partial charge < -0.3 is 15.5 Å². The number of rotatable bonds is 2. The third-order valence-corrected chi connectivity index (χ3v) is 3.87. The van der Waals surface area contributed by atoms with Crippen LogP contribution < -0.4 is 5.32 Å². The largest absolute Gasteiger partial charge is 0.480 e. The highest BCUT2D eigenvalue weighted by molar-refractivity contribution is 5.89. The van der Waals surface area contributed by atoms with Gasteiger partial charge in [-0.15, -0.1) is 0 Å². The molecule has 3 N–H and O–H groups in total. The first-order chi connectivity index (χ1) is 9.08. The van der Waals surface area contributed by atoms with Gasteiger partial charge >= 0.3 is 11.9 Å². The van der Waals surface area contributed by atoms with Gasteiger partial charge in [-0.25, -0.2) is 9.59 Å². The summed E-state index contributed by atoms with van der Waals surface area (Å²) < 4.78 is 0. The zero-order valence-corrected chi connectivity index (χ0v) is 10.0. The lowest BCUT2D eigenvalue weighted by Crippen LogP contribution is -2.41. The molecule has 5 nitrogen and oxygen atoms in total. The Labute approximate surface area is 109 Å². The summed E-state index contributed by atoms with van der Waals surface area (Å²) in [6.45, 7) is 0. The fourth-order valence-corrected chi connectivity index (χ4v) is 2.98. The summed E-state index contributed by atoms with van der Waals surface area (Å²) in [4.78, 5) is 22.3. The standard InChI is InChI=1S/C14H13NO4/c16-13(17)7-4-5-11-10(6-7)8-2-1-3-9(8)12(15-11)14(18)19/h1,3-6,8-9,12,15H,2H2,(H,16,17)(H,18,19). The molecule has 0 bridgehead atoms. The number of anilines is 1. The Morgan fingerprint density at radius 3 is 2.74 bits per heavy atom. The number of aliphatic carboxylic acids is 1. The maximum atomic E-state index is 11.3. The second-order valence-corrected chi connectivity index (χ2v) is 4.92. The molecular weight excluding hydrogens is 246 g/mol. The van der Waals surface area contributed by atoms with Crippen molar-refractivity contribution in [3.63, 3.8) is 0 Å². The van der Waals surface area contributed by atoms with Gasteiger partial charge in [0.2, 0.25) is 0 Å². The Hall–Kier alpha value is -2.30. The average molecular weight is 259 g/mol. The van der Waals surface area contributed by atoms with Gasteiger partial charge in [0.05, 0.1) is 5.56 Å². The van der Waals surface area contributed by atoms with Crippen LogP contribution in [0, 0.1) is 5.92 Å². The summed E-state index contributed by atoms with van der Waals surface area (Å²) in [5.74, 6) is -1.91. The van der Waals surface area contributed by atoms with Gasteiger partial charge in [-0.3, -0.25) is 0 Å². The summed E-state index contributed by atoms with van der Waals surface area (Å²) in [5, 5.41) is 21.3. The lowest BCUT2D eigenvalue weighted by atomic mass is 9.79. The molecular formula is C14H13NO4. The molecule has 1 heterocycles. The van der Waals surface area contributed by atoms with E-state index in [4.69, 9.17) is 5.11 Å². The molecule has 1 aliphatic carbocycles. The van der Waals surface area contributed by atoms with E-state index in [1.807, 2.05) is 12.2 Å². The third kappa shape index (κ3) is 1.78. The van der Waals surface area contributed by atoms with Crippen molar-refractivity contribution in [1.82, 2.24) is 0 Å². The van der Waals surface area contributed by atoms with Gasteiger partial charge in [0, 0.05) is 11.6 Å². The molecule has 19 heavy (non-hydrogen) atoms. The van der Waals surface area contributed by atoms with Gasteiger partial charge in [0.25, 0.3) is 0 Å². The van der Waals surface area contributed by atoms with Gasteiger partial charge in [-0.2, -0.15) is 0 Å². The first-order valence-electron chi connectivity index (χ1n) is 6.11. The minimum atomic E-state index is -0.967. The summed E-state index contributed by atoms with van der Waals surface area (Å²) in [5.41, 5.74) is 1.86. The molecule has 2 aliphatic rings. The van der Waals surface area contributed by atoms with Crippen molar-refractivity contribution < 1.29 is 19.8 Å². The molecule has 3 rings (SSSR count). The predicted octanol–water partition coefficient (Wildman–Crippen LogP) is 1.92. The Bertz CT molecular complexity index is 593. The van der Waals surface area contributed by atoms with Crippen LogP contribution in [0.2, 0.25) is 0 Å². The van der Waals surface area contributed by atoms with E-state index in [1.54, 1.807) is 12.1 Å². The van der Waals surface area contributed by atoms with Crippen LogP contribution in [0.5, 0.6) is 0 Å². The Morgan fingerprint density at radius 2 is 2.05 bits per heavy atom. The molecule has 98 valence electrons. The van der Waals surface area contributed by atoms with E-state index in [2.05, 4.69) is 5.32 Å². The average Bonchev–Trinajstić information content (AvgIpc) is 2.86. The minimum absolute atomic E-state index is 0.0525. The molecule has 0 aromatic heterocycles. The van der Waals surface area contributed by atoms with Gasteiger partial charge in [0.1, 0.15) is 6.04 Å². The zero-order valence-electron chi connectivity index (χ0n) is 10.0. The van der Waals surface area contributed by atoms with Crippen LogP contribution in [-0.4, -0.2) is 28.2 Å². The van der Waals surface area contributed by atoms with Crippen LogP contribution in [0.4, 0.5) is 5.69 Å². The van der Waals surface area contributed by atoms with Crippen molar-refractivity contribution in [3.8, 4) is 0 Å². The van der Waals surface area contributed by atoms with Crippen molar-refractivity contribution in [1.29, 1.82) is 0 Å². The topological polar surface area (TPSA) is 86.6 Å². The second kappa shape index (κ2) is 4.12. The first kappa shape index (κ1) is 11.8. The SMILES string of the molecule is O=C(O)c1ccc2c(c1)C1CC=CC1C(C(=O)O)N2. The van der Waals surface area contributed by atoms with Crippen molar-refractivity contribution in [3.05, 3.63) is 41.5 Å². The van der Waals surface area contributed by atoms with Crippen LogP contribution in [-0.2, 0) is 4.79 Å². The number of aromatic carboxylic acids is 1. The van der Waals surface area contributed by atoms with E-state index in [0.717, 1.165) is 17.7 Å². The number of carboxylic acid groups (broad SMARTS) is 2. The lowest BCUT2D eigenvalue weighted by molar-refractivity contribution is -0.139. The highest BCUT2D eigenvalue weighted by atomic mass is 16.4. The molecule has 0 spiro atoms. The maximum Gasteiger partial charge on any atom is 0.335 e. The van der Waals surface area contributed by atoms with Gasteiger partial charge in [0.15, 0.2) is 0 Å². The summed E-state index contributed by atoms with van der Waals surface area (Å²) in [7, 11) is 0. The maximum absolute atomic E-state index is 11.3. The highest BCUT2D eigenvalue weighted by Crippen LogP contribution is 2.45. The third-order valence-electron chi connectivity index (χ3n) is 3.87. The Morgan fingerprint density at radius 1 is 1.26 bits per heavy atom. The van der Waals surface area contributed by atoms with E-state index in [9.17, 15) is 14.7 Å². The lowest BCUT2D eigenvalue weighted by Gasteiger charge is -2.34. The molecule has 0 saturated carbocycles. The fraction of sp³-hybridized carbons (Fsp3) is 0.286. The molecule has 0 radical (unpaired) electrons. The molecule has 1 aromatic carbocycles. The number of carboxylic acids is 2. The van der Waals surface area contributed by atoms with E-state index in [-0.39, 0.29) is 17.4 Å². The van der Waals surface area contributed by atoms with Crippen LogP contribution in [0.1, 0.15) is 28.3 Å². The molecule has 0 amide bonds. The van der Waals surface area contributed by atoms with E-state index >= 15 is 0 Å². The normalized spacial score (nSPS) is 27.3. The number of hydrogen-bond acceptors (Lipinski definition) is 3. The van der Waals surface area contributed by atoms with Crippen LogP contribution in [0.3, 0.4) is 0 Å². The summed E-state index contributed by atoms with van der Waals surface area (Å²) >= 11 is 0. The van der Waals surface area contributed by atoms with Crippen LogP contribution >= 0.6 is 0 Å². The fourth-order valence-electron chi connectivity index (χ4n) is 2.98. The second-order valence-electron chi connectivity index (χ2n) is 4.92. The summed E-state index contributed by atoms with van der Waals surface area (Å²) in [6, 6.07) is 4.15. The first-order valence-corrected chi connectivity index (χ1v) is 6.11. The Kier molecular flexibility index (Phi) is 2.55. The van der Waals surface area contributed by atoms with Crippen molar-refractivity contribution in [2.75, 3.05) is 5.32 Å². The number of nitrogens with one attached hydrogen (secondary N) is 1. The highest BCUT2D eigenvalue weighted by Gasteiger charge is 2.40. The molecule has 5 heteroatoms. The van der Waals surface area contributed by atoms with Crippen molar-refractivity contribution in [2.45, 2.75) is 18.4 Å². The molecule has 3 atom stereocenters. The number of hydrogen-bond donors (Lipinski definition) is 3. The molecule has 0 saturated heterocycles. The van der Waals surface area contributed by atoms with Gasteiger partial charge in [-0.05, 0) is 36.1 Å². The van der Waals surface area contributed by atoms with E-state index < -0.39 is 18.0 Å².